The zero-order valence-corrected chi connectivity index (χ0v) is 16.1. The van der Waals surface area contributed by atoms with E-state index in [2.05, 4.69) is 5.10 Å². The number of halogens is 1. The second kappa shape index (κ2) is 8.55. The van der Waals surface area contributed by atoms with Gasteiger partial charge in [-0.3, -0.25) is 0 Å². The Bertz CT molecular complexity index is 1050. The Balaban J connectivity index is 2.37. The molecule has 1 heterocycles. The first-order valence-electron chi connectivity index (χ1n) is 8.79. The molecule has 150 valence electrons. The Morgan fingerprint density at radius 3 is 2.34 bits per heavy atom. The molecule has 0 spiro atoms. The van der Waals surface area contributed by atoms with Gasteiger partial charge in [-0.15, -0.1) is 0 Å². The first-order chi connectivity index (χ1) is 14.0. The Labute approximate surface area is 166 Å². The van der Waals surface area contributed by atoms with Gasteiger partial charge in [-0.2, -0.15) is 5.10 Å². The normalized spacial score (nSPS) is 10.5. The maximum atomic E-state index is 13.8. The molecule has 3 aromatic rings. The molecule has 0 bridgehead atoms. The summed E-state index contributed by atoms with van der Waals surface area (Å²) in [5.41, 5.74) is 0.783. The third-order valence-electron chi connectivity index (χ3n) is 4.15. The average molecular weight is 398 g/mol. The molecular formula is C21H19FN2O5. The summed E-state index contributed by atoms with van der Waals surface area (Å²) in [5, 5.41) is 4.47. The topological polar surface area (TPSA) is 79.7 Å². The van der Waals surface area contributed by atoms with Crippen molar-refractivity contribution in [2.45, 2.75) is 6.92 Å². The van der Waals surface area contributed by atoms with Crippen molar-refractivity contribution in [3.8, 4) is 22.7 Å². The Morgan fingerprint density at radius 1 is 1.03 bits per heavy atom. The highest BCUT2D eigenvalue weighted by Gasteiger charge is 2.32. The maximum Gasteiger partial charge on any atom is 0.357 e. The Morgan fingerprint density at radius 2 is 1.72 bits per heavy atom. The lowest BCUT2D eigenvalue weighted by atomic mass is 10.0. The molecule has 0 unspecified atom stereocenters. The van der Waals surface area contributed by atoms with Gasteiger partial charge >= 0.3 is 11.9 Å². The second-order valence-electron chi connectivity index (χ2n) is 5.88. The summed E-state index contributed by atoms with van der Waals surface area (Å²) in [7, 11) is 2.40. The molecule has 0 saturated carbocycles. The molecule has 7 nitrogen and oxygen atoms in total. The van der Waals surface area contributed by atoms with Crippen LogP contribution in [-0.4, -0.2) is 42.5 Å². The van der Waals surface area contributed by atoms with Crippen LogP contribution in [0, 0.1) is 5.82 Å². The highest BCUT2D eigenvalue weighted by Crippen LogP contribution is 2.35. The van der Waals surface area contributed by atoms with E-state index in [4.69, 9.17) is 14.2 Å². The van der Waals surface area contributed by atoms with E-state index in [1.807, 2.05) is 0 Å². The second-order valence-corrected chi connectivity index (χ2v) is 5.88. The summed E-state index contributed by atoms with van der Waals surface area (Å²) in [4.78, 5) is 25.2. The largest absolute Gasteiger partial charge is 0.493 e. The summed E-state index contributed by atoms with van der Waals surface area (Å²) in [6.07, 6.45) is 0. The molecule has 0 N–H and O–H groups in total. The summed E-state index contributed by atoms with van der Waals surface area (Å²) >= 11 is 0. The van der Waals surface area contributed by atoms with Crippen molar-refractivity contribution in [1.29, 1.82) is 0 Å². The van der Waals surface area contributed by atoms with Gasteiger partial charge in [-0.25, -0.2) is 18.7 Å². The van der Waals surface area contributed by atoms with Crippen LogP contribution in [0.3, 0.4) is 0 Å². The monoisotopic (exact) mass is 398 g/mol. The number of aromatic nitrogens is 2. The summed E-state index contributed by atoms with van der Waals surface area (Å²) in [6.45, 7) is 2.02. The predicted octanol–water partition coefficient (Wildman–Crippen LogP) is 3.65. The van der Waals surface area contributed by atoms with Crippen LogP contribution in [0.4, 0.5) is 4.39 Å². The third-order valence-corrected chi connectivity index (χ3v) is 4.15. The number of nitrogens with zero attached hydrogens (tertiary/aromatic N) is 2. The van der Waals surface area contributed by atoms with E-state index in [0.717, 1.165) is 0 Å². The van der Waals surface area contributed by atoms with Crippen LogP contribution in [0.2, 0.25) is 0 Å². The van der Waals surface area contributed by atoms with Gasteiger partial charge in [0.2, 0.25) is 0 Å². The number of rotatable bonds is 6. The van der Waals surface area contributed by atoms with E-state index in [1.165, 1.54) is 37.1 Å². The number of benzene rings is 2. The SMILES string of the molecule is CCOc1cc(F)ccc1-c1nn(-c2ccccc2)c(C(=O)OC)c1C(=O)OC. The number of carbonyl (C=O) groups excluding carboxylic acids is 2. The van der Waals surface area contributed by atoms with Gasteiger partial charge in [0.25, 0.3) is 0 Å². The van der Waals surface area contributed by atoms with Gasteiger partial charge in [-0.1, -0.05) is 18.2 Å². The number of methoxy groups -OCH3 is 2. The molecule has 0 aliphatic heterocycles. The standard InChI is InChI=1S/C21H19FN2O5/c1-4-29-16-12-13(22)10-11-15(16)18-17(20(25)27-2)19(21(26)28-3)24(23-18)14-8-6-5-7-9-14/h5-12H,4H2,1-3H3. The smallest absolute Gasteiger partial charge is 0.357 e. The number of hydrogen-bond donors (Lipinski definition) is 0. The summed E-state index contributed by atoms with van der Waals surface area (Å²) in [5.74, 6) is -1.87. The van der Waals surface area contributed by atoms with Crippen LogP contribution in [0.1, 0.15) is 27.8 Å². The first-order valence-corrected chi connectivity index (χ1v) is 8.79. The van der Waals surface area contributed by atoms with E-state index in [0.29, 0.717) is 11.3 Å². The van der Waals surface area contributed by atoms with E-state index in [-0.39, 0.29) is 29.3 Å². The maximum absolute atomic E-state index is 13.8. The van der Waals surface area contributed by atoms with Gasteiger partial charge < -0.3 is 14.2 Å². The van der Waals surface area contributed by atoms with E-state index >= 15 is 0 Å². The van der Waals surface area contributed by atoms with Crippen molar-refractivity contribution >= 4 is 11.9 Å². The third kappa shape index (κ3) is 3.82. The van der Waals surface area contributed by atoms with Crippen molar-refractivity contribution in [3.63, 3.8) is 0 Å². The van der Waals surface area contributed by atoms with Crippen LogP contribution in [-0.2, 0) is 9.47 Å². The van der Waals surface area contributed by atoms with E-state index in [1.54, 1.807) is 37.3 Å². The molecule has 0 atom stereocenters. The van der Waals surface area contributed by atoms with Gasteiger partial charge in [0, 0.05) is 11.6 Å². The lowest BCUT2D eigenvalue weighted by molar-refractivity contribution is 0.0549. The molecule has 0 fully saturated rings. The van der Waals surface area contributed by atoms with Gasteiger partial charge in [-0.05, 0) is 31.2 Å². The highest BCUT2D eigenvalue weighted by atomic mass is 19.1. The van der Waals surface area contributed by atoms with Gasteiger partial charge in [0.05, 0.1) is 26.5 Å². The average Bonchev–Trinajstić information content (AvgIpc) is 3.14. The minimum absolute atomic E-state index is 0.101. The predicted molar refractivity (Wildman–Crippen MR) is 103 cm³/mol. The molecule has 0 aliphatic carbocycles. The van der Waals surface area contributed by atoms with Crippen LogP contribution in [0.15, 0.2) is 48.5 Å². The van der Waals surface area contributed by atoms with Gasteiger partial charge in [0.1, 0.15) is 22.8 Å². The zero-order valence-electron chi connectivity index (χ0n) is 16.1. The molecular weight excluding hydrogens is 379 g/mol. The molecule has 3 rings (SSSR count). The molecule has 0 radical (unpaired) electrons. The first kappa shape index (κ1) is 20.1. The lowest BCUT2D eigenvalue weighted by Gasteiger charge is -2.10. The number of carbonyl (C=O) groups is 2. The quantitative estimate of drug-likeness (QED) is 0.590. The molecule has 29 heavy (non-hydrogen) atoms. The van der Waals surface area contributed by atoms with Crippen molar-refractivity contribution in [3.05, 3.63) is 65.6 Å². The van der Waals surface area contributed by atoms with Crippen LogP contribution in [0.25, 0.3) is 16.9 Å². The minimum Gasteiger partial charge on any atom is -0.493 e. The number of hydrogen-bond acceptors (Lipinski definition) is 6. The fourth-order valence-corrected chi connectivity index (χ4v) is 2.91. The van der Waals surface area contributed by atoms with Crippen LogP contribution in [0.5, 0.6) is 5.75 Å². The molecule has 0 saturated heterocycles. The fraction of sp³-hybridized carbons (Fsp3) is 0.190. The molecule has 2 aromatic carbocycles. The van der Waals surface area contributed by atoms with Crippen molar-refractivity contribution in [2.24, 2.45) is 0 Å². The number of para-hydroxylation sites is 1. The molecule has 1 aromatic heterocycles. The highest BCUT2D eigenvalue weighted by molar-refractivity contribution is 6.07. The minimum atomic E-state index is -0.783. The molecule has 8 heteroatoms. The molecule has 0 aliphatic rings. The van der Waals surface area contributed by atoms with Crippen molar-refractivity contribution in [2.75, 3.05) is 20.8 Å². The summed E-state index contributed by atoms with van der Waals surface area (Å²) in [6, 6.07) is 12.6. The number of esters is 2. The lowest BCUT2D eigenvalue weighted by Crippen LogP contribution is -2.15. The Hall–Kier alpha value is -3.68. The van der Waals surface area contributed by atoms with E-state index < -0.39 is 17.8 Å². The fourth-order valence-electron chi connectivity index (χ4n) is 2.91. The van der Waals surface area contributed by atoms with Crippen molar-refractivity contribution < 1.29 is 28.2 Å². The van der Waals surface area contributed by atoms with Crippen LogP contribution >= 0.6 is 0 Å². The number of ether oxygens (including phenoxy) is 3. The molecule has 0 amide bonds. The zero-order chi connectivity index (χ0) is 21.0. The summed E-state index contributed by atoms with van der Waals surface area (Å²) < 4.78 is 30.4. The van der Waals surface area contributed by atoms with Gasteiger partial charge in [0.15, 0.2) is 5.69 Å². The van der Waals surface area contributed by atoms with E-state index in [9.17, 15) is 14.0 Å². The van der Waals surface area contributed by atoms with Crippen molar-refractivity contribution in [1.82, 2.24) is 9.78 Å². The Kier molecular flexibility index (Phi) is 5.92. The van der Waals surface area contributed by atoms with Crippen LogP contribution < -0.4 is 4.74 Å².